The molecule has 1 rings (SSSR count). The van der Waals surface area contributed by atoms with Crippen LogP contribution >= 0.6 is 0 Å². The van der Waals surface area contributed by atoms with Crippen LogP contribution in [0.15, 0.2) is 17.3 Å². The van der Waals surface area contributed by atoms with E-state index in [1.807, 2.05) is 0 Å². The third-order valence-corrected chi connectivity index (χ3v) is 2.00. The Balaban J connectivity index is 3.42. The van der Waals surface area contributed by atoms with Gasteiger partial charge in [0.25, 0.3) is 0 Å². The fourth-order valence-corrected chi connectivity index (χ4v) is 1.28. The maximum atomic E-state index is 11.1. The molecule has 0 amide bonds. The van der Waals surface area contributed by atoms with Gasteiger partial charge < -0.3 is 15.5 Å². The molecular weight excluding hydrogens is 198 g/mol. The molecule has 0 fully saturated rings. The predicted octanol–water partition coefficient (Wildman–Crippen LogP) is 2.17. The molecule has 0 unspecified atom stereocenters. The molecule has 0 atom stereocenters. The van der Waals surface area contributed by atoms with Gasteiger partial charge in [0.05, 0.1) is 0 Å². The zero-order chi connectivity index (χ0) is 11.6. The lowest BCUT2D eigenvalue weighted by Gasteiger charge is -2.26. The first-order chi connectivity index (χ1) is 6.97. The van der Waals surface area contributed by atoms with Crippen molar-refractivity contribution in [1.29, 1.82) is 0 Å². The summed E-state index contributed by atoms with van der Waals surface area (Å²) in [6.45, 7) is 4.78. The van der Waals surface area contributed by atoms with Crippen molar-refractivity contribution in [3.63, 3.8) is 0 Å². The Morgan fingerprint density at radius 2 is 2.13 bits per heavy atom. The average molecular weight is 208 g/mol. The highest BCUT2D eigenvalue weighted by Gasteiger charge is 2.13. The molecule has 0 bridgehead atoms. The summed E-state index contributed by atoms with van der Waals surface area (Å²) in [5, 5.41) is 25.3. The van der Waals surface area contributed by atoms with Gasteiger partial charge in [-0.15, -0.1) is 4.91 Å². The second kappa shape index (κ2) is 4.05. The topological polar surface area (TPSA) is 81.8 Å². The van der Waals surface area contributed by atoms with E-state index in [9.17, 15) is 15.3 Å². The molecule has 0 aliphatic rings. The van der Waals surface area contributed by atoms with Crippen LogP contribution < -0.4 is 5.06 Å². The first kappa shape index (κ1) is 11.1. The molecule has 80 valence electrons. The molecule has 0 heterocycles. The number of hydrogen-bond donors (Lipinski definition) is 0. The lowest BCUT2D eigenvalue weighted by molar-refractivity contribution is -0.349. The maximum Gasteiger partial charge on any atom is 0.245 e. The highest BCUT2D eigenvalue weighted by molar-refractivity contribution is 5.70. The van der Waals surface area contributed by atoms with Crippen LogP contribution in [0.3, 0.4) is 0 Å². The van der Waals surface area contributed by atoms with Gasteiger partial charge in [-0.2, -0.15) is 4.74 Å². The monoisotopic (exact) mass is 208 g/mol. The summed E-state index contributed by atoms with van der Waals surface area (Å²) < 4.78 is 0.290. The molecule has 6 heteroatoms. The van der Waals surface area contributed by atoms with Crippen LogP contribution in [-0.2, 0) is 0 Å². The molecule has 0 radical (unpaired) electrons. The fourth-order valence-electron chi connectivity index (χ4n) is 1.28. The fraction of sp³-hybridized carbons (Fsp3) is 0.222. The standard InChI is InChI=1S/C9H10N3O3/c1-6-4-9(12(3)15)7(10-13)5-8(6)11(2)14/h4-5H,3H2,1-2H3/q-1. The quantitative estimate of drug-likeness (QED) is 0.250. The van der Waals surface area contributed by atoms with Crippen LogP contribution in [-0.4, -0.2) is 18.5 Å². The van der Waals surface area contributed by atoms with E-state index in [1.165, 1.54) is 19.2 Å². The number of nitroso groups, excluding NO2 is 1. The number of rotatable bonds is 3. The molecule has 0 spiro atoms. The molecule has 1 aromatic rings. The summed E-state index contributed by atoms with van der Waals surface area (Å²) in [6, 6.07) is 2.67. The second-order valence-electron chi connectivity index (χ2n) is 3.09. The van der Waals surface area contributed by atoms with Gasteiger partial charge >= 0.3 is 0 Å². The van der Waals surface area contributed by atoms with Gasteiger partial charge in [-0.3, -0.25) is 0 Å². The Bertz CT molecular complexity index is 415. The zero-order valence-electron chi connectivity index (χ0n) is 8.43. The largest absolute Gasteiger partial charge is 0.758 e. The van der Waals surface area contributed by atoms with Crippen LogP contribution in [0.1, 0.15) is 5.56 Å². The molecule has 6 nitrogen and oxygen atoms in total. The van der Waals surface area contributed by atoms with Gasteiger partial charge in [0.2, 0.25) is 5.69 Å². The number of hydrogen-bond acceptors (Lipinski definition) is 5. The van der Waals surface area contributed by atoms with E-state index < -0.39 is 0 Å². The van der Waals surface area contributed by atoms with E-state index >= 15 is 0 Å². The summed E-state index contributed by atoms with van der Waals surface area (Å²) in [5.41, 5.74) is 0.839. The van der Waals surface area contributed by atoms with Crippen LogP contribution in [0.2, 0.25) is 0 Å². The third kappa shape index (κ3) is 2.10. The van der Waals surface area contributed by atoms with Gasteiger partial charge in [0.1, 0.15) is 6.72 Å². The summed E-state index contributed by atoms with van der Waals surface area (Å²) in [4.78, 5) is 10.5. The summed E-state index contributed by atoms with van der Waals surface area (Å²) in [5.74, 6) is 0. The van der Waals surface area contributed by atoms with E-state index in [0.717, 1.165) is 0 Å². The molecule has 0 aliphatic heterocycles. The molecule has 1 aromatic carbocycles. The van der Waals surface area contributed by atoms with Crippen LogP contribution in [0, 0.1) is 22.2 Å². The lowest BCUT2D eigenvalue weighted by Crippen LogP contribution is -2.07. The van der Waals surface area contributed by atoms with Crippen molar-refractivity contribution in [2.45, 2.75) is 6.92 Å². The van der Waals surface area contributed by atoms with Crippen molar-refractivity contribution < 1.29 is 4.74 Å². The summed E-state index contributed by atoms with van der Waals surface area (Å²) in [6.07, 6.45) is 0. The zero-order valence-corrected chi connectivity index (χ0v) is 8.43. The number of hydroxylamine groups is 1. The predicted molar refractivity (Wildman–Crippen MR) is 58.8 cm³/mol. The minimum Gasteiger partial charge on any atom is -0.758 e. The molecule has 0 N–H and O–H groups in total. The molecular formula is C9H10N3O3-. The Kier molecular flexibility index (Phi) is 3.01. The van der Waals surface area contributed by atoms with Gasteiger partial charge in [-0.05, 0) is 30.8 Å². The highest BCUT2D eigenvalue weighted by atomic mass is 16.5. The van der Waals surface area contributed by atoms with Crippen LogP contribution in [0.25, 0.3) is 0 Å². The number of anilines is 1. The average Bonchev–Trinajstić information content (AvgIpc) is 2.16. The molecule has 0 aliphatic carbocycles. The summed E-state index contributed by atoms with van der Waals surface area (Å²) in [7, 11) is 1.30. The second-order valence-corrected chi connectivity index (χ2v) is 3.09. The van der Waals surface area contributed by atoms with Crippen molar-refractivity contribution in [3.8, 4) is 0 Å². The molecule has 0 aromatic heterocycles. The Labute approximate surface area is 86.6 Å². The number of nitrogens with zero attached hydrogens (tertiary/aromatic N) is 3. The Morgan fingerprint density at radius 3 is 2.53 bits per heavy atom. The van der Waals surface area contributed by atoms with E-state index in [-0.39, 0.29) is 16.1 Å². The smallest absolute Gasteiger partial charge is 0.245 e. The Hall–Kier alpha value is -1.95. The van der Waals surface area contributed by atoms with Crippen LogP contribution in [0.4, 0.5) is 17.1 Å². The Morgan fingerprint density at radius 1 is 1.53 bits per heavy atom. The molecule has 15 heavy (non-hydrogen) atoms. The minimum absolute atomic E-state index is 0.0492. The van der Waals surface area contributed by atoms with Crippen molar-refractivity contribution >= 4 is 23.8 Å². The van der Waals surface area contributed by atoms with E-state index in [0.29, 0.717) is 16.3 Å². The van der Waals surface area contributed by atoms with Gasteiger partial charge in [-0.25, -0.2) is 0 Å². The van der Waals surface area contributed by atoms with Gasteiger partial charge in [-0.1, -0.05) is 0 Å². The normalized spacial score (nSPS) is 9.80. The van der Waals surface area contributed by atoms with E-state index in [1.54, 1.807) is 6.92 Å². The first-order valence-corrected chi connectivity index (χ1v) is 4.14. The minimum atomic E-state index is -0.0942. The molecule has 0 saturated carbocycles. The highest BCUT2D eigenvalue weighted by Crippen LogP contribution is 2.33. The van der Waals surface area contributed by atoms with Crippen molar-refractivity contribution in [2.24, 2.45) is 5.18 Å². The maximum absolute atomic E-state index is 11.1. The number of benzene rings is 1. The van der Waals surface area contributed by atoms with Crippen molar-refractivity contribution in [2.75, 3.05) is 12.1 Å². The third-order valence-electron chi connectivity index (χ3n) is 2.00. The van der Waals surface area contributed by atoms with Gasteiger partial charge in [0.15, 0.2) is 5.69 Å². The van der Waals surface area contributed by atoms with Crippen LogP contribution in [0.5, 0.6) is 0 Å². The first-order valence-electron chi connectivity index (χ1n) is 4.14. The summed E-state index contributed by atoms with van der Waals surface area (Å²) >= 11 is 0. The van der Waals surface area contributed by atoms with Crippen molar-refractivity contribution in [3.05, 3.63) is 33.0 Å². The van der Waals surface area contributed by atoms with Gasteiger partial charge in [0, 0.05) is 11.8 Å². The molecule has 0 saturated heterocycles. The SMILES string of the molecule is C=[N+]([O-])c1cc(C)c(N(C)[O-])cc1N=O. The number of aryl methyl sites for hydroxylation is 1. The van der Waals surface area contributed by atoms with E-state index in [2.05, 4.69) is 11.9 Å². The lowest BCUT2D eigenvalue weighted by atomic mass is 10.1. The van der Waals surface area contributed by atoms with E-state index in [4.69, 9.17) is 0 Å². The van der Waals surface area contributed by atoms with Crippen molar-refractivity contribution in [1.82, 2.24) is 0 Å².